The van der Waals surface area contributed by atoms with Crippen LogP contribution in [0.3, 0.4) is 0 Å². The number of hydrogen-bond acceptors (Lipinski definition) is 4. The predicted molar refractivity (Wildman–Crippen MR) is 78.1 cm³/mol. The molecule has 0 fully saturated rings. The zero-order chi connectivity index (χ0) is 15.3. The van der Waals surface area contributed by atoms with E-state index >= 15 is 0 Å². The number of benzene rings is 1. The van der Waals surface area contributed by atoms with E-state index in [-0.39, 0.29) is 17.4 Å². The fraction of sp³-hybridized carbons (Fsp3) is 0.500. The summed E-state index contributed by atoms with van der Waals surface area (Å²) in [6, 6.07) is 2.56. The third-order valence-electron chi connectivity index (χ3n) is 3.95. The Morgan fingerprint density at radius 2 is 1.95 bits per heavy atom. The van der Waals surface area contributed by atoms with Crippen LogP contribution >= 0.6 is 0 Å². The summed E-state index contributed by atoms with van der Waals surface area (Å²) >= 11 is 0. The molecular formula is C14H19FN2O2S. The van der Waals surface area contributed by atoms with Crippen LogP contribution in [0.5, 0.6) is 0 Å². The Hall–Kier alpha value is -1.43. The van der Waals surface area contributed by atoms with Crippen LogP contribution in [-0.4, -0.2) is 24.8 Å². The van der Waals surface area contributed by atoms with E-state index < -0.39 is 20.6 Å². The van der Waals surface area contributed by atoms with Gasteiger partial charge in [0, 0.05) is 0 Å². The summed E-state index contributed by atoms with van der Waals surface area (Å²) in [5.74, 6) is -0.421. The van der Waals surface area contributed by atoms with Crippen LogP contribution in [0, 0.1) is 19.7 Å². The molecule has 1 aromatic carbocycles. The fourth-order valence-electron chi connectivity index (χ4n) is 2.28. The SMILES string of the molecule is Cc1cc(F)c(C)c([C@@H]2CS(=O)(=O)C(C)(C)C(N)=N2)c1. The molecule has 0 radical (unpaired) electrons. The summed E-state index contributed by atoms with van der Waals surface area (Å²) in [6.07, 6.45) is 0. The van der Waals surface area contributed by atoms with Crippen LogP contribution in [0.4, 0.5) is 4.39 Å². The summed E-state index contributed by atoms with van der Waals surface area (Å²) in [5.41, 5.74) is 7.57. The van der Waals surface area contributed by atoms with Gasteiger partial charge in [-0.2, -0.15) is 0 Å². The number of aryl methyl sites for hydroxylation is 1. The lowest BCUT2D eigenvalue weighted by Crippen LogP contribution is -2.50. The van der Waals surface area contributed by atoms with Crippen molar-refractivity contribution in [3.05, 3.63) is 34.6 Å². The molecule has 1 aliphatic rings. The van der Waals surface area contributed by atoms with Gasteiger partial charge in [-0.25, -0.2) is 12.8 Å². The van der Waals surface area contributed by atoms with E-state index in [0.29, 0.717) is 11.1 Å². The molecule has 6 heteroatoms. The molecule has 2 rings (SSSR count). The molecule has 0 bridgehead atoms. The Kier molecular flexibility index (Phi) is 3.40. The average molecular weight is 298 g/mol. The Labute approximate surface area is 118 Å². The van der Waals surface area contributed by atoms with Crippen molar-refractivity contribution in [3.63, 3.8) is 0 Å². The Morgan fingerprint density at radius 3 is 2.50 bits per heavy atom. The quantitative estimate of drug-likeness (QED) is 0.862. The molecule has 0 aliphatic carbocycles. The van der Waals surface area contributed by atoms with Gasteiger partial charge in [-0.05, 0) is 50.5 Å². The fourth-order valence-corrected chi connectivity index (χ4v) is 3.74. The lowest BCUT2D eigenvalue weighted by molar-refractivity contribution is 0.559. The van der Waals surface area contributed by atoms with Crippen molar-refractivity contribution >= 4 is 15.7 Å². The first-order chi connectivity index (χ1) is 9.06. The van der Waals surface area contributed by atoms with Crippen molar-refractivity contribution in [3.8, 4) is 0 Å². The lowest BCUT2D eigenvalue weighted by Gasteiger charge is -2.32. The highest BCUT2D eigenvalue weighted by molar-refractivity contribution is 7.93. The van der Waals surface area contributed by atoms with Gasteiger partial charge < -0.3 is 5.73 Å². The third kappa shape index (κ3) is 2.22. The molecular weight excluding hydrogens is 279 g/mol. The molecule has 1 aliphatic heterocycles. The molecule has 0 saturated carbocycles. The summed E-state index contributed by atoms with van der Waals surface area (Å²) in [4.78, 5) is 4.29. The normalized spacial score (nSPS) is 24.2. The molecule has 1 heterocycles. The van der Waals surface area contributed by atoms with Crippen LogP contribution in [0.25, 0.3) is 0 Å². The highest BCUT2D eigenvalue weighted by atomic mass is 32.2. The van der Waals surface area contributed by atoms with Gasteiger partial charge in [-0.15, -0.1) is 0 Å². The zero-order valence-corrected chi connectivity index (χ0v) is 12.9. The summed E-state index contributed by atoms with van der Waals surface area (Å²) < 4.78 is 37.3. The maximum Gasteiger partial charge on any atom is 0.165 e. The molecule has 0 aromatic heterocycles. The number of rotatable bonds is 1. The zero-order valence-electron chi connectivity index (χ0n) is 12.1. The standard InChI is InChI=1S/C14H19FN2O2S/c1-8-5-10(9(2)11(15)6-8)12-7-20(18,19)14(3,4)13(16)17-12/h5-6,12H,7H2,1-4H3,(H2,16,17)/t12-/m0/s1. The summed E-state index contributed by atoms with van der Waals surface area (Å²) in [7, 11) is -3.43. The molecule has 2 N–H and O–H groups in total. The molecule has 0 unspecified atom stereocenters. The first kappa shape index (κ1) is 15.0. The van der Waals surface area contributed by atoms with Crippen molar-refractivity contribution in [2.45, 2.75) is 38.5 Å². The topological polar surface area (TPSA) is 72.5 Å². The molecule has 110 valence electrons. The molecule has 20 heavy (non-hydrogen) atoms. The van der Waals surface area contributed by atoms with Crippen molar-refractivity contribution in [2.24, 2.45) is 10.7 Å². The Balaban J connectivity index is 2.60. The number of sulfone groups is 1. The van der Waals surface area contributed by atoms with Crippen LogP contribution in [0.15, 0.2) is 17.1 Å². The van der Waals surface area contributed by atoms with Crippen LogP contribution in [0.2, 0.25) is 0 Å². The average Bonchev–Trinajstić information content (AvgIpc) is 2.30. The minimum Gasteiger partial charge on any atom is -0.386 e. The van der Waals surface area contributed by atoms with E-state index in [0.717, 1.165) is 5.56 Å². The number of nitrogens with zero attached hydrogens (tertiary/aromatic N) is 1. The lowest BCUT2D eigenvalue weighted by atomic mass is 9.99. The van der Waals surface area contributed by atoms with E-state index in [1.54, 1.807) is 33.8 Å². The highest BCUT2D eigenvalue weighted by Gasteiger charge is 2.44. The van der Waals surface area contributed by atoms with Gasteiger partial charge >= 0.3 is 0 Å². The second kappa shape index (κ2) is 4.55. The van der Waals surface area contributed by atoms with E-state index in [4.69, 9.17) is 5.73 Å². The van der Waals surface area contributed by atoms with Crippen LogP contribution < -0.4 is 5.73 Å². The Bertz CT molecular complexity index is 693. The molecule has 0 spiro atoms. The number of nitrogens with two attached hydrogens (primary N) is 1. The first-order valence-corrected chi connectivity index (χ1v) is 8.04. The van der Waals surface area contributed by atoms with Gasteiger partial charge in [-0.1, -0.05) is 6.07 Å². The van der Waals surface area contributed by atoms with Crippen molar-refractivity contribution in [1.29, 1.82) is 0 Å². The van der Waals surface area contributed by atoms with E-state index in [1.807, 2.05) is 0 Å². The van der Waals surface area contributed by atoms with E-state index in [9.17, 15) is 12.8 Å². The van der Waals surface area contributed by atoms with Gasteiger partial charge in [-0.3, -0.25) is 4.99 Å². The second-order valence-corrected chi connectivity index (χ2v) is 8.37. The molecule has 4 nitrogen and oxygen atoms in total. The maximum atomic E-state index is 13.8. The minimum atomic E-state index is -3.43. The van der Waals surface area contributed by atoms with Crippen molar-refractivity contribution in [1.82, 2.24) is 0 Å². The molecule has 0 saturated heterocycles. The van der Waals surface area contributed by atoms with E-state index in [2.05, 4.69) is 4.99 Å². The van der Waals surface area contributed by atoms with Crippen molar-refractivity contribution < 1.29 is 12.8 Å². The van der Waals surface area contributed by atoms with E-state index in [1.165, 1.54) is 6.07 Å². The highest BCUT2D eigenvalue weighted by Crippen LogP contribution is 2.34. The van der Waals surface area contributed by atoms with Gasteiger partial charge in [0.25, 0.3) is 0 Å². The molecule has 1 atom stereocenters. The first-order valence-electron chi connectivity index (χ1n) is 6.39. The largest absolute Gasteiger partial charge is 0.386 e. The van der Waals surface area contributed by atoms with Gasteiger partial charge in [0.1, 0.15) is 16.4 Å². The van der Waals surface area contributed by atoms with Crippen LogP contribution in [-0.2, 0) is 9.84 Å². The second-order valence-electron chi connectivity index (χ2n) is 5.78. The van der Waals surface area contributed by atoms with Crippen molar-refractivity contribution in [2.75, 3.05) is 5.75 Å². The maximum absolute atomic E-state index is 13.8. The van der Waals surface area contributed by atoms with Crippen LogP contribution in [0.1, 0.15) is 36.6 Å². The number of aliphatic imine (C=N–C) groups is 1. The smallest absolute Gasteiger partial charge is 0.165 e. The monoisotopic (exact) mass is 298 g/mol. The number of amidine groups is 1. The summed E-state index contributed by atoms with van der Waals surface area (Å²) in [5, 5.41) is 0. The number of halogens is 1. The molecule has 1 aromatic rings. The predicted octanol–water partition coefficient (Wildman–Crippen LogP) is 2.05. The number of hydrogen-bond donors (Lipinski definition) is 1. The van der Waals surface area contributed by atoms with Gasteiger partial charge in [0.2, 0.25) is 0 Å². The van der Waals surface area contributed by atoms with Gasteiger partial charge in [0.05, 0.1) is 11.8 Å². The molecule has 0 amide bonds. The summed E-state index contributed by atoms with van der Waals surface area (Å²) in [6.45, 7) is 6.48. The Morgan fingerprint density at radius 1 is 1.35 bits per heavy atom. The minimum absolute atomic E-state index is 0.0788. The van der Waals surface area contributed by atoms with Gasteiger partial charge in [0.15, 0.2) is 9.84 Å². The third-order valence-corrected chi connectivity index (χ3v) is 6.47.